The molecule has 180 valence electrons. The summed E-state index contributed by atoms with van der Waals surface area (Å²) >= 11 is 0. The Kier molecular flexibility index (Phi) is 6.06. The van der Waals surface area contributed by atoms with Gasteiger partial charge in [-0.05, 0) is 44.2 Å². The first-order valence-corrected chi connectivity index (χ1v) is 10.5. The van der Waals surface area contributed by atoms with Gasteiger partial charge in [0.25, 0.3) is 5.56 Å². The van der Waals surface area contributed by atoms with Crippen LogP contribution < -0.4 is 5.56 Å². The molecule has 2 aromatic carbocycles. The normalized spacial score (nSPS) is 11.6. The number of carbonyl (C=O) groups is 2. The topological polar surface area (TPSA) is 83.2 Å². The lowest BCUT2D eigenvalue weighted by molar-refractivity contribution is -0.137. The number of ether oxygens (including phenoxy) is 1. The van der Waals surface area contributed by atoms with Crippen molar-refractivity contribution in [3.63, 3.8) is 0 Å². The van der Waals surface area contributed by atoms with Gasteiger partial charge in [-0.25, -0.2) is 9.48 Å². The van der Waals surface area contributed by atoms with Gasteiger partial charge in [0.05, 0.1) is 10.9 Å². The van der Waals surface area contributed by atoms with Crippen molar-refractivity contribution in [2.75, 3.05) is 6.61 Å². The van der Waals surface area contributed by atoms with E-state index in [1.54, 1.807) is 38.1 Å². The van der Waals surface area contributed by atoms with Gasteiger partial charge in [0.15, 0.2) is 12.3 Å². The lowest BCUT2D eigenvalue weighted by atomic mass is 10.1. The Bertz CT molecular complexity index is 1530. The monoisotopic (exact) mass is 483 g/mol. The highest BCUT2D eigenvalue weighted by molar-refractivity contribution is 6.04. The number of carbonyl (C=O) groups excluding carboxylic acids is 2. The van der Waals surface area contributed by atoms with Crippen LogP contribution in [0.2, 0.25) is 0 Å². The average Bonchev–Trinajstić information content (AvgIpc) is 3.13. The molecule has 4 rings (SSSR count). The van der Waals surface area contributed by atoms with E-state index >= 15 is 0 Å². The van der Waals surface area contributed by atoms with E-state index in [1.807, 2.05) is 0 Å². The van der Waals surface area contributed by atoms with Crippen LogP contribution in [0.25, 0.3) is 16.5 Å². The molecule has 4 aromatic rings. The fourth-order valence-electron chi connectivity index (χ4n) is 3.99. The Morgan fingerprint density at radius 2 is 1.69 bits per heavy atom. The first-order chi connectivity index (χ1) is 16.5. The Morgan fingerprint density at radius 3 is 2.37 bits per heavy atom. The number of nitrogens with zero attached hydrogens (tertiary/aromatic N) is 3. The number of hydrogen-bond acceptors (Lipinski definition) is 5. The average molecular weight is 483 g/mol. The third-order valence-electron chi connectivity index (χ3n) is 5.65. The SMILES string of the molecule is Cc1cc(C(=O)COC(=O)c2nn(C)c(=O)c3ccccc23)c(C)n1-c1cccc(C(F)(F)F)c1. The third-order valence-corrected chi connectivity index (χ3v) is 5.65. The first-order valence-electron chi connectivity index (χ1n) is 10.5. The summed E-state index contributed by atoms with van der Waals surface area (Å²) in [6.07, 6.45) is -4.50. The maximum atomic E-state index is 13.1. The molecule has 0 N–H and O–H groups in total. The molecular weight excluding hydrogens is 463 g/mol. The standard InChI is InChI=1S/C25H20F3N3O4/c1-14-11-20(15(2)31(14)17-8-6-7-16(12-17)25(26,27)28)21(32)13-35-24(34)22-18-9-4-5-10-19(18)23(33)30(3)29-22/h4-12H,13H2,1-3H3. The summed E-state index contributed by atoms with van der Waals surface area (Å²) in [4.78, 5) is 37.8. The summed E-state index contributed by atoms with van der Waals surface area (Å²) in [5, 5.41) is 4.56. The Balaban J connectivity index is 1.59. The zero-order chi connectivity index (χ0) is 25.5. The molecule has 35 heavy (non-hydrogen) atoms. The van der Waals surface area contributed by atoms with E-state index < -0.39 is 30.1 Å². The smallest absolute Gasteiger partial charge is 0.416 e. The largest absolute Gasteiger partial charge is 0.452 e. The summed E-state index contributed by atoms with van der Waals surface area (Å²) < 4.78 is 47.2. The second-order valence-corrected chi connectivity index (χ2v) is 7.99. The van der Waals surface area contributed by atoms with Crippen molar-refractivity contribution in [1.29, 1.82) is 0 Å². The zero-order valence-electron chi connectivity index (χ0n) is 19.0. The molecule has 0 fully saturated rings. The van der Waals surface area contributed by atoms with Crippen LogP contribution in [-0.2, 0) is 18.0 Å². The summed E-state index contributed by atoms with van der Waals surface area (Å²) in [7, 11) is 1.40. The zero-order valence-corrected chi connectivity index (χ0v) is 19.0. The second-order valence-electron chi connectivity index (χ2n) is 7.99. The maximum absolute atomic E-state index is 13.1. The van der Waals surface area contributed by atoms with Gasteiger partial charge in [-0.1, -0.05) is 24.3 Å². The van der Waals surface area contributed by atoms with Crippen LogP contribution in [0.5, 0.6) is 0 Å². The van der Waals surface area contributed by atoms with Crippen molar-refractivity contribution in [1.82, 2.24) is 14.3 Å². The summed E-state index contributed by atoms with van der Waals surface area (Å²) in [6, 6.07) is 12.7. The van der Waals surface area contributed by atoms with Gasteiger partial charge < -0.3 is 9.30 Å². The van der Waals surface area contributed by atoms with E-state index in [2.05, 4.69) is 5.10 Å². The van der Waals surface area contributed by atoms with E-state index in [0.717, 1.165) is 16.8 Å². The molecule has 7 nitrogen and oxygen atoms in total. The molecule has 0 bridgehead atoms. The highest BCUT2D eigenvalue weighted by Gasteiger charge is 2.31. The molecule has 2 heterocycles. The molecule has 10 heteroatoms. The maximum Gasteiger partial charge on any atom is 0.416 e. The van der Waals surface area contributed by atoms with Crippen LogP contribution in [0.1, 0.15) is 37.8 Å². The van der Waals surface area contributed by atoms with E-state index in [1.165, 1.54) is 29.8 Å². The third kappa shape index (κ3) is 4.46. The minimum Gasteiger partial charge on any atom is -0.452 e. The molecule has 0 aliphatic heterocycles. The molecule has 0 saturated heterocycles. The van der Waals surface area contributed by atoms with Gasteiger partial charge in [0.2, 0.25) is 5.78 Å². The Hall–Kier alpha value is -4.21. The van der Waals surface area contributed by atoms with Gasteiger partial charge in [0.1, 0.15) is 0 Å². The molecule has 0 amide bonds. The molecule has 2 aromatic heterocycles. The lowest BCUT2D eigenvalue weighted by Gasteiger charge is -2.13. The van der Waals surface area contributed by atoms with Crippen molar-refractivity contribution in [2.45, 2.75) is 20.0 Å². The van der Waals surface area contributed by atoms with E-state index in [4.69, 9.17) is 4.74 Å². The van der Waals surface area contributed by atoms with Crippen LogP contribution in [0.3, 0.4) is 0 Å². The number of esters is 1. The van der Waals surface area contributed by atoms with Gasteiger partial charge >= 0.3 is 12.1 Å². The van der Waals surface area contributed by atoms with Crippen molar-refractivity contribution in [3.05, 3.63) is 93.2 Å². The van der Waals surface area contributed by atoms with Crippen LogP contribution in [0.15, 0.2) is 59.4 Å². The quantitative estimate of drug-likeness (QED) is 0.310. The number of benzene rings is 2. The Labute approximate surface area is 197 Å². The van der Waals surface area contributed by atoms with Crippen molar-refractivity contribution < 1.29 is 27.5 Å². The predicted molar refractivity (Wildman–Crippen MR) is 122 cm³/mol. The van der Waals surface area contributed by atoms with Gasteiger partial charge in [0, 0.05) is 35.1 Å². The van der Waals surface area contributed by atoms with Crippen LogP contribution in [0, 0.1) is 13.8 Å². The highest BCUT2D eigenvalue weighted by Crippen LogP contribution is 2.31. The van der Waals surface area contributed by atoms with Crippen molar-refractivity contribution in [3.8, 4) is 5.69 Å². The summed E-state index contributed by atoms with van der Waals surface area (Å²) in [6.45, 7) is 2.66. The van der Waals surface area contributed by atoms with E-state index in [9.17, 15) is 27.6 Å². The molecule has 0 aliphatic rings. The minimum atomic E-state index is -4.50. The number of rotatable bonds is 5. The number of halogens is 3. The summed E-state index contributed by atoms with van der Waals surface area (Å²) in [5.41, 5.74) is 0.134. The van der Waals surface area contributed by atoms with Gasteiger partial charge in [-0.15, -0.1) is 0 Å². The fourth-order valence-corrected chi connectivity index (χ4v) is 3.99. The number of aryl methyl sites for hydroxylation is 2. The number of Topliss-reactive ketones (excluding diaryl/α,β-unsaturated/α-hetero) is 1. The molecule has 0 spiro atoms. The summed E-state index contributed by atoms with van der Waals surface area (Å²) in [5.74, 6) is -1.41. The number of alkyl halides is 3. The predicted octanol–water partition coefficient (Wildman–Crippen LogP) is 4.40. The number of fused-ring (bicyclic) bond motifs is 1. The number of ketones is 1. The van der Waals surface area contributed by atoms with Gasteiger partial charge in [-0.2, -0.15) is 18.3 Å². The molecular formula is C25H20F3N3O4. The fraction of sp³-hybridized carbons (Fsp3) is 0.200. The molecule has 0 atom stereocenters. The minimum absolute atomic E-state index is 0.107. The van der Waals surface area contributed by atoms with E-state index in [0.29, 0.717) is 16.8 Å². The lowest BCUT2D eigenvalue weighted by Crippen LogP contribution is -2.24. The van der Waals surface area contributed by atoms with Crippen molar-refractivity contribution in [2.24, 2.45) is 7.05 Å². The van der Waals surface area contributed by atoms with Crippen LogP contribution >= 0.6 is 0 Å². The number of aromatic nitrogens is 3. The molecule has 0 saturated carbocycles. The van der Waals surface area contributed by atoms with Crippen LogP contribution in [-0.4, -0.2) is 32.7 Å². The molecule has 0 radical (unpaired) electrons. The second kappa shape index (κ2) is 8.86. The Morgan fingerprint density at radius 1 is 1.00 bits per heavy atom. The highest BCUT2D eigenvalue weighted by atomic mass is 19.4. The van der Waals surface area contributed by atoms with E-state index in [-0.39, 0.29) is 27.9 Å². The first kappa shape index (κ1) is 23.9. The van der Waals surface area contributed by atoms with Crippen LogP contribution in [0.4, 0.5) is 13.2 Å². The van der Waals surface area contributed by atoms with Gasteiger partial charge in [-0.3, -0.25) is 9.59 Å². The molecule has 0 aliphatic carbocycles. The molecule has 0 unspecified atom stereocenters. The van der Waals surface area contributed by atoms with Crippen molar-refractivity contribution >= 4 is 22.5 Å². The number of hydrogen-bond donors (Lipinski definition) is 0.